The van der Waals surface area contributed by atoms with Crippen LogP contribution in [0.25, 0.3) is 0 Å². The third kappa shape index (κ3) is 16.2. The van der Waals surface area contributed by atoms with Crippen LogP contribution in [0.5, 0.6) is 0 Å². The Balaban J connectivity index is 0. The molecule has 0 bridgehead atoms. The van der Waals surface area contributed by atoms with Crippen LogP contribution in [0.3, 0.4) is 0 Å². The Hall–Kier alpha value is -0.660. The van der Waals surface area contributed by atoms with Gasteiger partial charge in [0.2, 0.25) is 0 Å². The zero-order valence-electron chi connectivity index (χ0n) is 13.0. The summed E-state index contributed by atoms with van der Waals surface area (Å²) >= 11 is 3.81. The van der Waals surface area contributed by atoms with E-state index in [0.29, 0.717) is 36.5 Å². The molecular weight excluding hydrogens is 378 g/mol. The van der Waals surface area contributed by atoms with Crippen LogP contribution in [0.15, 0.2) is 0 Å². The highest BCUT2D eigenvalue weighted by atomic mass is 33.1. The maximum Gasteiger partial charge on any atom is 0.320 e. The summed E-state index contributed by atoms with van der Waals surface area (Å²) in [5.74, 6) is -1.19. The van der Waals surface area contributed by atoms with Gasteiger partial charge in [0.1, 0.15) is 18.1 Å². The number of rotatable bonds is 12. The van der Waals surface area contributed by atoms with Gasteiger partial charge in [0.25, 0.3) is 0 Å². The second-order valence-corrected chi connectivity index (χ2v) is 7.72. The molecule has 0 rings (SSSR count). The minimum absolute atomic E-state index is 0.401. The van der Waals surface area contributed by atoms with E-state index in [1.54, 1.807) is 0 Å². The summed E-state index contributed by atoms with van der Waals surface area (Å²) in [5, 5.41) is 25.1. The highest BCUT2D eigenvalue weighted by molar-refractivity contribution is 8.76. The molecule has 0 radical (unpaired) electrons. The Morgan fingerprint density at radius 3 is 1.25 bits per heavy atom. The number of carboxylic acids is 3. The van der Waals surface area contributed by atoms with Crippen molar-refractivity contribution in [1.29, 1.82) is 0 Å². The molecule has 0 aromatic heterocycles. The van der Waals surface area contributed by atoms with E-state index in [1.165, 1.54) is 21.6 Å². The monoisotopic (exact) mass is 403 g/mol. The van der Waals surface area contributed by atoms with E-state index in [1.807, 2.05) is 0 Å². The topological polar surface area (TPSA) is 190 Å². The fraction of sp³-hybridized carbons (Fsp3) is 0.750. The van der Waals surface area contributed by atoms with Gasteiger partial charge in [-0.1, -0.05) is 21.6 Å². The summed E-state index contributed by atoms with van der Waals surface area (Å²) in [6.07, 6.45) is 1.23. The van der Waals surface area contributed by atoms with Crippen LogP contribution in [0.4, 0.5) is 0 Å². The zero-order valence-corrected chi connectivity index (χ0v) is 15.6. The summed E-state index contributed by atoms with van der Waals surface area (Å²) in [7, 11) is 2.96. The first-order valence-electron chi connectivity index (χ1n) is 6.93. The molecular formula is C12H25N3O6S3. The van der Waals surface area contributed by atoms with E-state index in [4.69, 9.17) is 32.5 Å². The normalized spacial score (nSPS) is 14.0. The zero-order chi connectivity index (χ0) is 19.1. The quantitative estimate of drug-likeness (QED) is 0.128. The van der Waals surface area contributed by atoms with Crippen molar-refractivity contribution in [2.24, 2.45) is 17.2 Å². The van der Waals surface area contributed by atoms with E-state index >= 15 is 0 Å². The van der Waals surface area contributed by atoms with E-state index in [9.17, 15) is 14.4 Å². The predicted molar refractivity (Wildman–Crippen MR) is 99.5 cm³/mol. The van der Waals surface area contributed by atoms with Crippen LogP contribution < -0.4 is 17.2 Å². The molecule has 0 saturated heterocycles. The Kier molecular flexibility index (Phi) is 16.9. The molecule has 0 aromatic carbocycles. The first-order chi connectivity index (χ1) is 11.1. The lowest BCUT2D eigenvalue weighted by molar-refractivity contribution is -0.139. The lowest BCUT2D eigenvalue weighted by Gasteiger charge is -2.06. The molecule has 0 aliphatic heterocycles. The molecule has 3 atom stereocenters. The highest BCUT2D eigenvalue weighted by Crippen LogP contribution is 2.23. The number of nitrogens with two attached hydrogens (primary N) is 3. The molecule has 0 aromatic rings. The number of thiol groups is 1. The number of aliphatic carboxylic acids is 3. The largest absolute Gasteiger partial charge is 0.480 e. The van der Waals surface area contributed by atoms with Crippen molar-refractivity contribution in [2.75, 3.05) is 17.3 Å². The second-order valence-electron chi connectivity index (χ2n) is 4.57. The third-order valence-electron chi connectivity index (χ3n) is 2.50. The van der Waals surface area contributed by atoms with Crippen molar-refractivity contribution in [3.63, 3.8) is 0 Å². The lowest BCUT2D eigenvalue weighted by atomic mass is 10.2. The summed E-state index contributed by atoms with van der Waals surface area (Å²) in [4.78, 5) is 30.7. The molecule has 0 aliphatic rings. The molecule has 0 heterocycles. The fourth-order valence-corrected chi connectivity index (χ4v) is 3.48. The van der Waals surface area contributed by atoms with Gasteiger partial charge in [0.15, 0.2) is 0 Å². The maximum atomic E-state index is 10.4. The Morgan fingerprint density at radius 1 is 0.750 bits per heavy atom. The van der Waals surface area contributed by atoms with Gasteiger partial charge < -0.3 is 32.5 Å². The number of hydrogen-bond donors (Lipinski definition) is 7. The minimum atomic E-state index is -1.00. The average Bonchev–Trinajstić information content (AvgIpc) is 2.50. The van der Waals surface area contributed by atoms with Crippen molar-refractivity contribution < 1.29 is 29.7 Å². The van der Waals surface area contributed by atoms with Crippen LogP contribution in [0.1, 0.15) is 19.3 Å². The van der Waals surface area contributed by atoms with Gasteiger partial charge in [0, 0.05) is 11.5 Å². The number of hydrogen-bond acceptors (Lipinski definition) is 9. The SMILES string of the molecule is NC(CCSSCC[C@H](N)C(=O)O)C(=O)O.N[C@@H](CCS)C(=O)O. The molecule has 0 amide bonds. The Morgan fingerprint density at radius 2 is 1.04 bits per heavy atom. The van der Waals surface area contributed by atoms with E-state index in [0.717, 1.165) is 0 Å². The van der Waals surface area contributed by atoms with Crippen molar-refractivity contribution in [3.8, 4) is 0 Å². The van der Waals surface area contributed by atoms with Gasteiger partial charge in [-0.05, 0) is 25.0 Å². The van der Waals surface area contributed by atoms with Crippen LogP contribution in [0.2, 0.25) is 0 Å². The van der Waals surface area contributed by atoms with Crippen LogP contribution in [0, 0.1) is 0 Å². The van der Waals surface area contributed by atoms with E-state index in [2.05, 4.69) is 12.6 Å². The molecule has 9 N–H and O–H groups in total. The van der Waals surface area contributed by atoms with Crippen molar-refractivity contribution in [3.05, 3.63) is 0 Å². The van der Waals surface area contributed by atoms with Crippen LogP contribution >= 0.6 is 34.2 Å². The summed E-state index contributed by atoms with van der Waals surface area (Å²) in [6.45, 7) is 0. The van der Waals surface area contributed by atoms with Crippen LogP contribution in [-0.4, -0.2) is 68.6 Å². The summed E-state index contributed by atoms with van der Waals surface area (Å²) in [6, 6.07) is -2.39. The molecule has 0 spiro atoms. The molecule has 0 aliphatic carbocycles. The van der Waals surface area contributed by atoms with Crippen LogP contribution in [-0.2, 0) is 14.4 Å². The highest BCUT2D eigenvalue weighted by Gasteiger charge is 2.12. The first-order valence-corrected chi connectivity index (χ1v) is 10.1. The molecule has 142 valence electrons. The summed E-state index contributed by atoms with van der Waals surface area (Å²) < 4.78 is 0. The van der Waals surface area contributed by atoms with Gasteiger partial charge in [0.05, 0.1) is 0 Å². The Bertz CT molecular complexity index is 365. The summed E-state index contributed by atoms with van der Waals surface area (Å²) in [5.41, 5.74) is 15.7. The molecule has 1 unspecified atom stereocenters. The lowest BCUT2D eigenvalue weighted by Crippen LogP contribution is -2.30. The second kappa shape index (κ2) is 15.8. The van der Waals surface area contributed by atoms with E-state index < -0.39 is 36.0 Å². The predicted octanol–water partition coefficient (Wildman–Crippen LogP) is -0.310. The standard InChI is InChI=1S/C8H16N2O4S2.C4H9NO2S/c9-5(7(11)12)1-3-15-16-4-2-6(10)8(13)14;5-3(1-2-8)4(6)7/h5-6H,1-4,9-10H2,(H,11,12)(H,13,14);3,8H,1-2,5H2,(H,6,7)/t5-,6?;3-/m00/s1. The van der Waals surface area contributed by atoms with E-state index in [-0.39, 0.29) is 0 Å². The number of carboxylic acid groups (broad SMARTS) is 3. The first kappa shape index (κ1) is 25.6. The van der Waals surface area contributed by atoms with Gasteiger partial charge >= 0.3 is 17.9 Å². The average molecular weight is 404 g/mol. The minimum Gasteiger partial charge on any atom is -0.480 e. The van der Waals surface area contributed by atoms with Gasteiger partial charge in [-0.3, -0.25) is 14.4 Å². The van der Waals surface area contributed by atoms with Gasteiger partial charge in [-0.25, -0.2) is 0 Å². The van der Waals surface area contributed by atoms with Gasteiger partial charge in [-0.2, -0.15) is 12.6 Å². The van der Waals surface area contributed by atoms with Gasteiger partial charge in [-0.15, -0.1) is 0 Å². The molecule has 0 fully saturated rings. The number of carbonyl (C=O) groups is 3. The smallest absolute Gasteiger partial charge is 0.320 e. The van der Waals surface area contributed by atoms with Crippen molar-refractivity contribution in [2.45, 2.75) is 37.4 Å². The molecule has 12 heteroatoms. The maximum absolute atomic E-state index is 10.4. The van der Waals surface area contributed by atoms with Crippen molar-refractivity contribution >= 4 is 52.1 Å². The molecule has 0 saturated carbocycles. The Labute approximate surface area is 153 Å². The third-order valence-corrected chi connectivity index (χ3v) is 5.23. The van der Waals surface area contributed by atoms with Crippen molar-refractivity contribution in [1.82, 2.24) is 0 Å². The molecule has 24 heavy (non-hydrogen) atoms. The fourth-order valence-electron chi connectivity index (χ4n) is 0.978. The molecule has 9 nitrogen and oxygen atoms in total.